The Bertz CT molecular complexity index is 564. The van der Waals surface area contributed by atoms with E-state index in [2.05, 4.69) is 35.4 Å². The Morgan fingerprint density at radius 3 is 2.90 bits per heavy atom. The summed E-state index contributed by atoms with van der Waals surface area (Å²) in [5.74, 6) is 2.15. The van der Waals surface area contributed by atoms with E-state index >= 15 is 0 Å². The van der Waals surface area contributed by atoms with Crippen molar-refractivity contribution < 1.29 is 4.74 Å². The fourth-order valence-electron chi connectivity index (χ4n) is 2.95. The van der Waals surface area contributed by atoms with Crippen molar-refractivity contribution >= 4 is 11.3 Å². The number of ether oxygens (including phenoxy) is 1. The number of rotatable bonds is 6. The first kappa shape index (κ1) is 14.5. The zero-order valence-electron chi connectivity index (χ0n) is 12.6. The van der Waals surface area contributed by atoms with E-state index in [-0.39, 0.29) is 0 Å². The second-order valence-corrected chi connectivity index (χ2v) is 6.71. The topological polar surface area (TPSA) is 34.1 Å². The van der Waals surface area contributed by atoms with Crippen molar-refractivity contribution in [1.82, 2.24) is 10.3 Å². The Kier molecular flexibility index (Phi) is 4.56. The lowest BCUT2D eigenvalue weighted by Crippen LogP contribution is -2.41. The molecule has 4 heteroatoms. The van der Waals surface area contributed by atoms with Crippen LogP contribution in [0.5, 0.6) is 5.75 Å². The third kappa shape index (κ3) is 3.27. The number of nitrogens with one attached hydrogen (secondary N) is 1. The number of benzene rings is 1. The second kappa shape index (κ2) is 6.58. The largest absolute Gasteiger partial charge is 0.496 e. The van der Waals surface area contributed by atoms with Crippen molar-refractivity contribution in [1.29, 1.82) is 0 Å². The van der Waals surface area contributed by atoms with Gasteiger partial charge in [-0.2, -0.15) is 0 Å². The molecule has 1 atom stereocenters. The molecule has 0 saturated heterocycles. The quantitative estimate of drug-likeness (QED) is 0.881. The van der Waals surface area contributed by atoms with Crippen molar-refractivity contribution in [2.45, 2.75) is 37.6 Å². The van der Waals surface area contributed by atoms with E-state index < -0.39 is 0 Å². The molecule has 2 aromatic rings. The van der Waals surface area contributed by atoms with Crippen molar-refractivity contribution in [2.75, 3.05) is 13.7 Å². The molecule has 1 aromatic carbocycles. The van der Waals surface area contributed by atoms with Crippen LogP contribution in [0.25, 0.3) is 0 Å². The predicted octanol–water partition coefficient (Wildman–Crippen LogP) is 3.79. The smallest absolute Gasteiger partial charge is 0.122 e. The summed E-state index contributed by atoms with van der Waals surface area (Å²) >= 11 is 1.74. The van der Waals surface area contributed by atoms with Crippen molar-refractivity contribution in [2.24, 2.45) is 0 Å². The molecule has 1 aromatic heterocycles. The van der Waals surface area contributed by atoms with Crippen LogP contribution in [0.2, 0.25) is 0 Å². The predicted molar refractivity (Wildman–Crippen MR) is 87.3 cm³/mol. The maximum atomic E-state index is 5.46. The van der Waals surface area contributed by atoms with Gasteiger partial charge in [0, 0.05) is 30.1 Å². The van der Waals surface area contributed by atoms with E-state index in [0.29, 0.717) is 17.9 Å². The van der Waals surface area contributed by atoms with Gasteiger partial charge in [0.2, 0.25) is 0 Å². The molecule has 1 heterocycles. The highest BCUT2D eigenvalue weighted by molar-refractivity contribution is 7.09. The van der Waals surface area contributed by atoms with Gasteiger partial charge in [-0.05, 0) is 30.4 Å². The molecule has 1 saturated carbocycles. The Labute approximate surface area is 130 Å². The molecule has 1 fully saturated rings. The van der Waals surface area contributed by atoms with Gasteiger partial charge in [0.1, 0.15) is 5.75 Å². The highest BCUT2D eigenvalue weighted by Crippen LogP contribution is 2.41. The molecule has 0 bridgehead atoms. The highest BCUT2D eigenvalue weighted by Gasteiger charge is 2.31. The number of hydrogen-bond donors (Lipinski definition) is 1. The fraction of sp³-hybridized carbons (Fsp3) is 0.471. The summed E-state index contributed by atoms with van der Waals surface area (Å²) in [6, 6.07) is 9.01. The molecule has 112 valence electrons. The number of hydrogen-bond acceptors (Lipinski definition) is 4. The van der Waals surface area contributed by atoms with Crippen LogP contribution in [0.4, 0.5) is 0 Å². The van der Waals surface area contributed by atoms with Gasteiger partial charge in [-0.25, -0.2) is 4.98 Å². The van der Waals surface area contributed by atoms with Crippen LogP contribution >= 0.6 is 11.3 Å². The van der Waals surface area contributed by atoms with Crippen LogP contribution in [0, 0.1) is 0 Å². The number of methoxy groups -OCH3 is 1. The molecule has 1 aliphatic carbocycles. The van der Waals surface area contributed by atoms with E-state index in [1.165, 1.54) is 23.4 Å². The van der Waals surface area contributed by atoms with Crippen LogP contribution in [0.3, 0.4) is 0 Å². The molecule has 0 radical (unpaired) electrons. The SMILES string of the molecule is COc1ccccc1C1CC(NCC(C)c2nccs2)C1. The normalized spacial score (nSPS) is 22.6. The van der Waals surface area contributed by atoms with Crippen molar-refractivity contribution in [3.8, 4) is 5.75 Å². The molecular formula is C17H22N2OS. The fourth-order valence-corrected chi connectivity index (χ4v) is 3.65. The van der Waals surface area contributed by atoms with Gasteiger partial charge in [-0.15, -0.1) is 11.3 Å². The van der Waals surface area contributed by atoms with Gasteiger partial charge in [-0.3, -0.25) is 0 Å². The van der Waals surface area contributed by atoms with Crippen LogP contribution < -0.4 is 10.1 Å². The molecule has 0 amide bonds. The molecule has 0 aliphatic heterocycles. The Morgan fingerprint density at radius 2 is 2.19 bits per heavy atom. The maximum Gasteiger partial charge on any atom is 0.122 e. The number of para-hydroxylation sites is 1. The number of thiazole rings is 1. The number of nitrogens with zero attached hydrogens (tertiary/aromatic N) is 1. The minimum absolute atomic E-state index is 0.496. The minimum Gasteiger partial charge on any atom is -0.496 e. The summed E-state index contributed by atoms with van der Waals surface area (Å²) in [7, 11) is 1.75. The summed E-state index contributed by atoms with van der Waals surface area (Å²) in [4.78, 5) is 4.39. The van der Waals surface area contributed by atoms with Gasteiger partial charge >= 0.3 is 0 Å². The molecule has 1 unspecified atom stereocenters. The summed E-state index contributed by atoms with van der Waals surface area (Å²) in [6.07, 6.45) is 4.29. The van der Waals surface area contributed by atoms with Gasteiger partial charge in [0.25, 0.3) is 0 Å². The van der Waals surface area contributed by atoms with Crippen molar-refractivity contribution in [3.63, 3.8) is 0 Å². The molecule has 1 N–H and O–H groups in total. The lowest BCUT2D eigenvalue weighted by Gasteiger charge is -2.37. The van der Waals surface area contributed by atoms with E-state index in [1.807, 2.05) is 17.6 Å². The van der Waals surface area contributed by atoms with Gasteiger partial charge in [-0.1, -0.05) is 25.1 Å². The third-order valence-electron chi connectivity index (χ3n) is 4.30. The van der Waals surface area contributed by atoms with E-state index in [1.54, 1.807) is 18.4 Å². The Hall–Kier alpha value is -1.39. The van der Waals surface area contributed by atoms with Gasteiger partial charge in [0.05, 0.1) is 12.1 Å². The maximum absolute atomic E-state index is 5.46. The number of aromatic nitrogens is 1. The summed E-state index contributed by atoms with van der Waals surface area (Å²) < 4.78 is 5.46. The van der Waals surface area contributed by atoms with Gasteiger partial charge in [0.15, 0.2) is 0 Å². The monoisotopic (exact) mass is 302 g/mol. The molecule has 21 heavy (non-hydrogen) atoms. The first-order chi connectivity index (χ1) is 10.3. The highest BCUT2D eigenvalue weighted by atomic mass is 32.1. The average Bonchev–Trinajstić information content (AvgIpc) is 3.00. The summed E-state index contributed by atoms with van der Waals surface area (Å²) in [5.41, 5.74) is 1.35. The van der Waals surface area contributed by atoms with Crippen LogP contribution in [0.15, 0.2) is 35.8 Å². The van der Waals surface area contributed by atoms with E-state index in [4.69, 9.17) is 4.74 Å². The van der Waals surface area contributed by atoms with Gasteiger partial charge < -0.3 is 10.1 Å². The van der Waals surface area contributed by atoms with E-state index in [9.17, 15) is 0 Å². The Morgan fingerprint density at radius 1 is 1.38 bits per heavy atom. The van der Waals surface area contributed by atoms with Crippen LogP contribution in [-0.2, 0) is 0 Å². The zero-order chi connectivity index (χ0) is 14.7. The third-order valence-corrected chi connectivity index (χ3v) is 5.31. The average molecular weight is 302 g/mol. The molecule has 0 spiro atoms. The summed E-state index contributed by atoms with van der Waals surface area (Å²) in [5, 5.41) is 6.94. The first-order valence-electron chi connectivity index (χ1n) is 7.53. The van der Waals surface area contributed by atoms with E-state index in [0.717, 1.165) is 12.3 Å². The van der Waals surface area contributed by atoms with Crippen molar-refractivity contribution in [3.05, 3.63) is 46.4 Å². The minimum atomic E-state index is 0.496. The first-order valence-corrected chi connectivity index (χ1v) is 8.41. The molecule has 3 rings (SSSR count). The molecule has 1 aliphatic rings. The standard InChI is InChI=1S/C17H22N2OS/c1-12(17-18-7-8-21-17)11-19-14-9-13(10-14)15-5-3-4-6-16(15)20-2/h3-8,12-14,19H,9-11H2,1-2H3. The lowest BCUT2D eigenvalue weighted by atomic mass is 9.75. The zero-order valence-corrected chi connectivity index (χ0v) is 13.4. The Balaban J connectivity index is 1.48. The second-order valence-electron chi connectivity index (χ2n) is 5.79. The lowest BCUT2D eigenvalue weighted by molar-refractivity contribution is 0.280. The van der Waals surface area contributed by atoms with Crippen LogP contribution in [-0.4, -0.2) is 24.7 Å². The summed E-state index contributed by atoms with van der Waals surface area (Å²) in [6.45, 7) is 3.25. The molecule has 3 nitrogen and oxygen atoms in total. The van der Waals surface area contributed by atoms with Crippen LogP contribution in [0.1, 0.15) is 42.2 Å². The molecular weight excluding hydrogens is 280 g/mol.